The van der Waals surface area contributed by atoms with Gasteiger partial charge in [0.1, 0.15) is 0 Å². The number of benzene rings is 1. The van der Waals surface area contributed by atoms with Gasteiger partial charge in [0, 0.05) is 31.6 Å². The average Bonchev–Trinajstić information content (AvgIpc) is 2.55. The van der Waals surface area contributed by atoms with E-state index in [4.69, 9.17) is 0 Å². The van der Waals surface area contributed by atoms with Gasteiger partial charge in [0.25, 0.3) is 0 Å². The highest BCUT2D eigenvalue weighted by Gasteiger charge is 2.30. The third-order valence-electron chi connectivity index (χ3n) is 4.42. The van der Waals surface area contributed by atoms with E-state index in [-0.39, 0.29) is 30.8 Å². The molecule has 25 heavy (non-hydrogen) atoms. The maximum atomic E-state index is 12.6. The fraction of sp³-hybridized carbons (Fsp3) is 0.556. The zero-order chi connectivity index (χ0) is 18.4. The molecule has 138 valence electrons. The number of alkyl halides is 3. The van der Waals surface area contributed by atoms with Crippen molar-refractivity contribution in [1.82, 2.24) is 5.32 Å². The van der Waals surface area contributed by atoms with Gasteiger partial charge in [-0.25, -0.2) is 0 Å². The van der Waals surface area contributed by atoms with Crippen molar-refractivity contribution < 1.29 is 22.8 Å². The smallest absolute Gasteiger partial charge is 0.353 e. The van der Waals surface area contributed by atoms with Gasteiger partial charge in [-0.05, 0) is 37.1 Å². The van der Waals surface area contributed by atoms with E-state index < -0.39 is 11.7 Å². The lowest BCUT2D eigenvalue weighted by molar-refractivity contribution is -0.137. The number of hydrogen-bond acceptors (Lipinski definition) is 2. The number of anilines is 1. The maximum Gasteiger partial charge on any atom is 0.416 e. The SMILES string of the molecule is CC(=O)N(CCC(=O)NC1CCCCC1)c1ccc(C(F)(F)F)cc1. The molecule has 1 fully saturated rings. The van der Waals surface area contributed by atoms with Gasteiger partial charge in [0.05, 0.1) is 5.56 Å². The summed E-state index contributed by atoms with van der Waals surface area (Å²) in [5, 5.41) is 2.97. The van der Waals surface area contributed by atoms with E-state index in [2.05, 4.69) is 5.32 Å². The normalized spacial score (nSPS) is 15.7. The van der Waals surface area contributed by atoms with E-state index in [1.165, 1.54) is 30.4 Å². The highest BCUT2D eigenvalue weighted by Crippen LogP contribution is 2.30. The van der Waals surface area contributed by atoms with Crippen LogP contribution in [0.2, 0.25) is 0 Å². The lowest BCUT2D eigenvalue weighted by atomic mass is 9.95. The van der Waals surface area contributed by atoms with Crippen molar-refractivity contribution in [2.75, 3.05) is 11.4 Å². The number of carbonyl (C=O) groups excluding carboxylic acids is 2. The second-order valence-electron chi connectivity index (χ2n) is 6.37. The second kappa shape index (κ2) is 8.36. The largest absolute Gasteiger partial charge is 0.416 e. The molecule has 2 amide bonds. The Labute approximate surface area is 145 Å². The third-order valence-corrected chi connectivity index (χ3v) is 4.42. The molecule has 0 heterocycles. The van der Waals surface area contributed by atoms with Crippen LogP contribution in [0.5, 0.6) is 0 Å². The number of halogens is 3. The van der Waals surface area contributed by atoms with Crippen LogP contribution in [0, 0.1) is 0 Å². The molecule has 0 atom stereocenters. The average molecular weight is 356 g/mol. The first-order valence-electron chi connectivity index (χ1n) is 8.52. The van der Waals surface area contributed by atoms with Crippen LogP contribution in [0.25, 0.3) is 0 Å². The molecule has 7 heteroatoms. The van der Waals surface area contributed by atoms with Crippen LogP contribution in [-0.4, -0.2) is 24.4 Å². The summed E-state index contributed by atoms with van der Waals surface area (Å²) in [5.74, 6) is -0.449. The molecule has 0 aliphatic heterocycles. The van der Waals surface area contributed by atoms with Crippen molar-refractivity contribution in [1.29, 1.82) is 0 Å². The topological polar surface area (TPSA) is 49.4 Å². The van der Waals surface area contributed by atoms with Crippen LogP contribution in [0.1, 0.15) is 51.0 Å². The van der Waals surface area contributed by atoms with Crippen LogP contribution in [0.3, 0.4) is 0 Å². The van der Waals surface area contributed by atoms with E-state index in [1.807, 2.05) is 0 Å². The first kappa shape index (κ1) is 19.3. The summed E-state index contributed by atoms with van der Waals surface area (Å²) >= 11 is 0. The Morgan fingerprint density at radius 3 is 2.24 bits per heavy atom. The van der Waals surface area contributed by atoms with Crippen LogP contribution < -0.4 is 10.2 Å². The zero-order valence-corrected chi connectivity index (χ0v) is 14.2. The first-order chi connectivity index (χ1) is 11.8. The van der Waals surface area contributed by atoms with Crippen LogP contribution in [0.15, 0.2) is 24.3 Å². The number of nitrogens with zero attached hydrogens (tertiary/aromatic N) is 1. The summed E-state index contributed by atoms with van der Waals surface area (Å²) in [5.41, 5.74) is -0.416. The van der Waals surface area contributed by atoms with Gasteiger partial charge in [-0.15, -0.1) is 0 Å². The molecule has 1 N–H and O–H groups in total. The third kappa shape index (κ3) is 5.76. The molecule has 1 aromatic carbocycles. The number of amides is 2. The van der Waals surface area contributed by atoms with E-state index >= 15 is 0 Å². The lowest BCUT2D eigenvalue weighted by Gasteiger charge is -2.24. The van der Waals surface area contributed by atoms with Crippen molar-refractivity contribution in [3.05, 3.63) is 29.8 Å². The number of hydrogen-bond donors (Lipinski definition) is 1. The Bertz CT molecular complexity index is 593. The van der Waals surface area contributed by atoms with Crippen molar-refractivity contribution in [2.45, 2.75) is 57.7 Å². The Kier molecular flexibility index (Phi) is 6.45. The van der Waals surface area contributed by atoms with Gasteiger partial charge < -0.3 is 10.2 Å². The number of rotatable bonds is 5. The highest BCUT2D eigenvalue weighted by molar-refractivity contribution is 5.92. The minimum Gasteiger partial charge on any atom is -0.353 e. The number of nitrogens with one attached hydrogen (secondary N) is 1. The van der Waals surface area contributed by atoms with Gasteiger partial charge >= 0.3 is 6.18 Å². The van der Waals surface area contributed by atoms with Gasteiger partial charge in [-0.3, -0.25) is 9.59 Å². The fourth-order valence-electron chi connectivity index (χ4n) is 3.06. The molecule has 1 aliphatic rings. The first-order valence-corrected chi connectivity index (χ1v) is 8.52. The number of carbonyl (C=O) groups is 2. The minimum absolute atomic E-state index is 0.122. The van der Waals surface area contributed by atoms with Crippen molar-refractivity contribution in [3.63, 3.8) is 0 Å². The van der Waals surface area contributed by atoms with E-state index in [9.17, 15) is 22.8 Å². The summed E-state index contributed by atoms with van der Waals surface area (Å²) in [6.45, 7) is 1.47. The van der Waals surface area contributed by atoms with Crippen LogP contribution >= 0.6 is 0 Å². The van der Waals surface area contributed by atoms with Gasteiger partial charge in [0.15, 0.2) is 0 Å². The Hall–Kier alpha value is -2.05. The van der Waals surface area contributed by atoms with Crippen LogP contribution in [0.4, 0.5) is 18.9 Å². The Morgan fingerprint density at radius 2 is 1.72 bits per heavy atom. The molecule has 1 aliphatic carbocycles. The predicted molar refractivity (Wildman–Crippen MR) is 89.1 cm³/mol. The molecule has 0 aromatic heterocycles. The summed E-state index contributed by atoms with van der Waals surface area (Å²) < 4.78 is 37.9. The maximum absolute atomic E-state index is 12.6. The molecule has 1 aromatic rings. The quantitative estimate of drug-likeness (QED) is 0.870. The van der Waals surface area contributed by atoms with E-state index in [0.29, 0.717) is 5.69 Å². The monoisotopic (exact) mass is 356 g/mol. The van der Waals surface area contributed by atoms with E-state index in [1.54, 1.807) is 0 Å². The molecule has 0 radical (unpaired) electrons. The molecular weight excluding hydrogens is 333 g/mol. The predicted octanol–water partition coefficient (Wildman–Crippen LogP) is 3.90. The molecule has 1 saturated carbocycles. The molecule has 0 unspecified atom stereocenters. The second-order valence-corrected chi connectivity index (χ2v) is 6.37. The molecule has 4 nitrogen and oxygen atoms in total. The minimum atomic E-state index is -4.42. The summed E-state index contributed by atoms with van der Waals surface area (Å²) in [4.78, 5) is 25.2. The van der Waals surface area contributed by atoms with Gasteiger partial charge in [0.2, 0.25) is 11.8 Å². The Balaban J connectivity index is 1.94. The van der Waals surface area contributed by atoms with Crippen molar-refractivity contribution in [2.24, 2.45) is 0 Å². The molecule has 0 spiro atoms. The van der Waals surface area contributed by atoms with Crippen molar-refractivity contribution >= 4 is 17.5 Å². The summed E-state index contributed by atoms with van der Waals surface area (Å²) in [6.07, 6.45) is 1.06. The molecule has 2 rings (SSSR count). The summed E-state index contributed by atoms with van der Waals surface area (Å²) in [7, 11) is 0. The molecule has 0 saturated heterocycles. The molecular formula is C18H23F3N2O2. The van der Waals surface area contributed by atoms with E-state index in [0.717, 1.165) is 37.8 Å². The summed E-state index contributed by atoms with van der Waals surface area (Å²) in [6, 6.07) is 4.57. The highest BCUT2D eigenvalue weighted by atomic mass is 19.4. The Morgan fingerprint density at radius 1 is 1.12 bits per heavy atom. The standard InChI is InChI=1S/C18H23F3N2O2/c1-13(24)23(16-9-7-14(8-10-16)18(19,20)21)12-11-17(25)22-15-5-3-2-4-6-15/h7-10,15H,2-6,11-12H2,1H3,(H,22,25). The van der Waals surface area contributed by atoms with Crippen molar-refractivity contribution in [3.8, 4) is 0 Å². The zero-order valence-electron chi connectivity index (χ0n) is 14.2. The molecule has 0 bridgehead atoms. The van der Waals surface area contributed by atoms with Gasteiger partial charge in [-0.1, -0.05) is 19.3 Å². The van der Waals surface area contributed by atoms with Gasteiger partial charge in [-0.2, -0.15) is 13.2 Å². The fourth-order valence-corrected chi connectivity index (χ4v) is 3.06. The lowest BCUT2D eigenvalue weighted by Crippen LogP contribution is -2.39. The van der Waals surface area contributed by atoms with Crippen LogP contribution in [-0.2, 0) is 15.8 Å².